The van der Waals surface area contributed by atoms with Gasteiger partial charge in [-0.25, -0.2) is 4.79 Å². The van der Waals surface area contributed by atoms with Crippen molar-refractivity contribution in [2.75, 3.05) is 11.9 Å². The van der Waals surface area contributed by atoms with E-state index in [0.29, 0.717) is 0 Å². The molecule has 1 heterocycles. The molecule has 1 N–H and O–H groups in total. The van der Waals surface area contributed by atoms with Crippen molar-refractivity contribution in [1.29, 1.82) is 0 Å². The van der Waals surface area contributed by atoms with Crippen LogP contribution in [0.15, 0.2) is 48.5 Å². The van der Waals surface area contributed by atoms with Crippen molar-refractivity contribution in [3.63, 3.8) is 0 Å². The Morgan fingerprint density at radius 2 is 1.81 bits per heavy atom. The Morgan fingerprint density at radius 1 is 1.11 bits per heavy atom. The quantitative estimate of drug-likeness (QED) is 0.583. The van der Waals surface area contributed by atoms with Crippen LogP contribution in [0, 0.1) is 0 Å². The smallest absolute Gasteiger partial charge is 0.387 e. The normalized spacial score (nSPS) is 10.8. The molecule has 1 amide bonds. The van der Waals surface area contributed by atoms with Crippen LogP contribution in [-0.2, 0) is 9.53 Å². The highest BCUT2D eigenvalue weighted by molar-refractivity contribution is 7.21. The van der Waals surface area contributed by atoms with E-state index in [-0.39, 0.29) is 21.3 Å². The molecule has 0 spiro atoms. The van der Waals surface area contributed by atoms with E-state index in [2.05, 4.69) is 10.1 Å². The summed E-state index contributed by atoms with van der Waals surface area (Å²) in [5, 5.41) is 3.34. The summed E-state index contributed by atoms with van der Waals surface area (Å²) in [6, 6.07) is 12.9. The minimum atomic E-state index is -3.03. The zero-order valence-electron chi connectivity index (χ0n) is 13.6. The van der Waals surface area contributed by atoms with Crippen LogP contribution in [-0.4, -0.2) is 25.1 Å². The summed E-state index contributed by atoms with van der Waals surface area (Å²) < 4.78 is 34.9. The van der Waals surface area contributed by atoms with Crippen molar-refractivity contribution < 1.29 is 27.8 Å². The van der Waals surface area contributed by atoms with Gasteiger partial charge >= 0.3 is 12.6 Å². The van der Waals surface area contributed by atoms with Crippen LogP contribution in [0.25, 0.3) is 10.1 Å². The molecule has 0 aliphatic rings. The maximum atomic E-state index is 12.4. The van der Waals surface area contributed by atoms with Gasteiger partial charge in [0.05, 0.1) is 10.7 Å². The summed E-state index contributed by atoms with van der Waals surface area (Å²) in [6.07, 6.45) is 0. The number of benzene rings is 2. The molecule has 0 radical (unpaired) electrons. The average Bonchev–Trinajstić information content (AvgIpc) is 2.98. The number of hydrogen-bond donors (Lipinski definition) is 1. The van der Waals surface area contributed by atoms with Gasteiger partial charge in [0, 0.05) is 10.1 Å². The Bertz CT molecular complexity index is 992. The molecule has 27 heavy (non-hydrogen) atoms. The van der Waals surface area contributed by atoms with E-state index in [0.717, 1.165) is 21.4 Å². The molecular formula is C18H12ClF2NO4S. The summed E-state index contributed by atoms with van der Waals surface area (Å²) in [5.74, 6) is -1.64. The molecule has 3 rings (SSSR count). The minimum Gasteiger partial charge on any atom is -0.451 e. The predicted octanol–water partition coefficient (Wildman–Crippen LogP) is 4.95. The molecule has 2 aromatic carbocycles. The molecule has 3 aromatic rings. The number of esters is 1. The number of amides is 1. The fourth-order valence-corrected chi connectivity index (χ4v) is 3.70. The van der Waals surface area contributed by atoms with Gasteiger partial charge in [-0.15, -0.1) is 11.3 Å². The van der Waals surface area contributed by atoms with Crippen molar-refractivity contribution in [3.05, 3.63) is 58.4 Å². The highest BCUT2D eigenvalue weighted by Gasteiger charge is 2.19. The Hall–Kier alpha value is -2.71. The van der Waals surface area contributed by atoms with Gasteiger partial charge < -0.3 is 14.8 Å². The Labute approximate surface area is 161 Å². The third-order valence-electron chi connectivity index (χ3n) is 3.43. The van der Waals surface area contributed by atoms with Crippen LogP contribution < -0.4 is 10.1 Å². The van der Waals surface area contributed by atoms with Gasteiger partial charge in [-0.05, 0) is 18.2 Å². The first-order valence-corrected chi connectivity index (χ1v) is 8.83. The topological polar surface area (TPSA) is 64.6 Å². The second kappa shape index (κ2) is 8.32. The zero-order valence-corrected chi connectivity index (χ0v) is 15.2. The number of anilines is 1. The fraction of sp³-hybridized carbons (Fsp3) is 0.111. The van der Waals surface area contributed by atoms with Gasteiger partial charge in [0.15, 0.2) is 6.61 Å². The molecule has 0 fully saturated rings. The van der Waals surface area contributed by atoms with Gasteiger partial charge in [0.1, 0.15) is 10.6 Å². The number of ether oxygens (including phenoxy) is 2. The predicted molar refractivity (Wildman–Crippen MR) is 98.8 cm³/mol. The van der Waals surface area contributed by atoms with Crippen molar-refractivity contribution in [2.24, 2.45) is 0 Å². The van der Waals surface area contributed by atoms with Crippen LogP contribution in [0.1, 0.15) is 9.67 Å². The van der Waals surface area contributed by atoms with Crippen LogP contribution in [0.4, 0.5) is 14.5 Å². The summed E-state index contributed by atoms with van der Waals surface area (Å²) in [5.41, 5.74) is 0.0405. The van der Waals surface area contributed by atoms with E-state index in [4.69, 9.17) is 16.3 Å². The van der Waals surface area contributed by atoms with E-state index in [1.54, 1.807) is 12.1 Å². The maximum Gasteiger partial charge on any atom is 0.387 e. The van der Waals surface area contributed by atoms with Crippen LogP contribution in [0.2, 0.25) is 5.02 Å². The second-order valence-electron chi connectivity index (χ2n) is 5.24. The Morgan fingerprint density at radius 3 is 2.56 bits per heavy atom. The minimum absolute atomic E-state index is 0.0405. The lowest BCUT2D eigenvalue weighted by molar-refractivity contribution is -0.119. The summed E-state index contributed by atoms with van der Waals surface area (Å²) in [6.45, 7) is -3.64. The zero-order chi connectivity index (χ0) is 19.4. The number of rotatable bonds is 6. The van der Waals surface area contributed by atoms with Crippen LogP contribution >= 0.6 is 22.9 Å². The first-order valence-electron chi connectivity index (χ1n) is 7.63. The second-order valence-corrected chi connectivity index (χ2v) is 6.67. The van der Waals surface area contributed by atoms with Crippen molar-refractivity contribution in [1.82, 2.24) is 0 Å². The molecule has 0 saturated carbocycles. The van der Waals surface area contributed by atoms with Crippen molar-refractivity contribution in [3.8, 4) is 5.75 Å². The molecule has 0 atom stereocenters. The number of carbonyl (C=O) groups excluding carboxylic acids is 2. The van der Waals surface area contributed by atoms with E-state index in [1.807, 2.05) is 12.1 Å². The van der Waals surface area contributed by atoms with E-state index in [9.17, 15) is 18.4 Å². The third kappa shape index (κ3) is 4.53. The average molecular weight is 412 g/mol. The molecule has 9 heteroatoms. The molecule has 0 aliphatic heterocycles. The third-order valence-corrected chi connectivity index (χ3v) is 5.09. The Balaban J connectivity index is 1.64. The lowest BCUT2D eigenvalue weighted by atomic mass is 10.2. The molecule has 0 aliphatic carbocycles. The molecule has 0 unspecified atom stereocenters. The number of hydrogen-bond acceptors (Lipinski definition) is 5. The largest absolute Gasteiger partial charge is 0.451 e. The number of halogens is 3. The number of thiophene rings is 1. The van der Waals surface area contributed by atoms with Crippen LogP contribution in [0.5, 0.6) is 5.75 Å². The van der Waals surface area contributed by atoms with E-state index in [1.165, 1.54) is 24.3 Å². The van der Waals surface area contributed by atoms with Gasteiger partial charge in [0.25, 0.3) is 5.91 Å². The number of nitrogens with one attached hydrogen (secondary N) is 1. The lowest BCUT2D eigenvalue weighted by Crippen LogP contribution is -2.21. The summed E-state index contributed by atoms with van der Waals surface area (Å²) in [7, 11) is 0. The van der Waals surface area contributed by atoms with E-state index >= 15 is 0 Å². The summed E-state index contributed by atoms with van der Waals surface area (Å²) in [4.78, 5) is 24.4. The van der Waals surface area contributed by atoms with Gasteiger partial charge in [-0.2, -0.15) is 8.78 Å². The SMILES string of the molecule is O=C(COC(=O)c1sc2ccccc2c1Cl)Nc1ccccc1OC(F)F. The molecule has 0 bridgehead atoms. The number of alkyl halides is 2. The van der Waals surface area contributed by atoms with Gasteiger partial charge in [-0.3, -0.25) is 4.79 Å². The van der Waals surface area contributed by atoms with Crippen molar-refractivity contribution in [2.45, 2.75) is 6.61 Å². The maximum absolute atomic E-state index is 12.4. The number of carbonyl (C=O) groups is 2. The first kappa shape index (κ1) is 19.1. The monoisotopic (exact) mass is 411 g/mol. The van der Waals surface area contributed by atoms with Crippen LogP contribution in [0.3, 0.4) is 0 Å². The molecular weight excluding hydrogens is 400 g/mol. The Kier molecular flexibility index (Phi) is 5.88. The molecule has 1 aromatic heterocycles. The van der Waals surface area contributed by atoms with E-state index < -0.39 is 25.1 Å². The highest BCUT2D eigenvalue weighted by Crippen LogP contribution is 2.35. The molecule has 5 nitrogen and oxygen atoms in total. The van der Waals surface area contributed by atoms with Gasteiger partial charge in [0.2, 0.25) is 0 Å². The number of fused-ring (bicyclic) bond motifs is 1. The first-order chi connectivity index (χ1) is 13.0. The molecule has 0 saturated heterocycles. The number of para-hydroxylation sites is 2. The highest BCUT2D eigenvalue weighted by atomic mass is 35.5. The fourth-order valence-electron chi connectivity index (χ4n) is 2.30. The lowest BCUT2D eigenvalue weighted by Gasteiger charge is -2.11. The summed E-state index contributed by atoms with van der Waals surface area (Å²) >= 11 is 7.34. The van der Waals surface area contributed by atoms with Gasteiger partial charge in [-0.1, -0.05) is 41.9 Å². The standard InChI is InChI=1S/C18H12ClF2NO4S/c19-15-10-5-1-4-8-13(10)27-16(15)17(24)25-9-14(23)22-11-6-2-3-7-12(11)26-18(20)21/h1-8,18H,9H2,(H,22,23). The van der Waals surface area contributed by atoms with Crippen molar-refractivity contribution >= 4 is 50.6 Å². The molecule has 140 valence electrons.